The average molecular weight is 354 g/mol. The fourth-order valence-electron chi connectivity index (χ4n) is 1.85. The lowest BCUT2D eigenvalue weighted by molar-refractivity contribution is -0.139. The fourth-order valence-corrected chi connectivity index (χ4v) is 3.44. The van der Waals surface area contributed by atoms with Gasteiger partial charge in [0.2, 0.25) is 10.0 Å². The number of sulfonamides is 1. The van der Waals surface area contributed by atoms with Gasteiger partial charge in [-0.25, -0.2) is 13.1 Å². The lowest BCUT2D eigenvalue weighted by Crippen LogP contribution is -2.28. The molecule has 0 bridgehead atoms. The van der Waals surface area contributed by atoms with Crippen molar-refractivity contribution in [2.45, 2.75) is 24.0 Å². The molecule has 2 aromatic rings. The van der Waals surface area contributed by atoms with Crippen molar-refractivity contribution in [3.63, 3.8) is 0 Å². The monoisotopic (exact) mass is 353 g/mol. The predicted octanol–water partition coefficient (Wildman–Crippen LogP) is 3.99. The number of furan rings is 1. The summed E-state index contributed by atoms with van der Waals surface area (Å²) in [5.41, 5.74) is -1.32. The maximum atomic E-state index is 13.0. The molecular weight excluding hydrogens is 343 g/mol. The Morgan fingerprint density at radius 2 is 1.95 bits per heavy atom. The molecule has 0 radical (unpaired) electrons. The first kappa shape index (κ1) is 16.9. The lowest BCUT2D eigenvalue weighted by atomic mass is 10.2. The summed E-state index contributed by atoms with van der Waals surface area (Å²) in [6.07, 6.45) is -3.51. The molecule has 0 spiro atoms. The third-order valence-electron chi connectivity index (χ3n) is 2.84. The summed E-state index contributed by atoms with van der Waals surface area (Å²) >= 11 is 5.53. The zero-order valence-electron chi connectivity index (χ0n) is 11.2. The molecule has 0 aliphatic rings. The van der Waals surface area contributed by atoms with Gasteiger partial charge in [0.25, 0.3) is 0 Å². The van der Waals surface area contributed by atoms with Gasteiger partial charge in [-0.05, 0) is 37.3 Å². The number of halogens is 4. The Morgan fingerprint density at radius 3 is 2.50 bits per heavy atom. The van der Waals surface area contributed by atoms with Crippen molar-refractivity contribution in [1.82, 2.24) is 4.72 Å². The highest BCUT2D eigenvalue weighted by atomic mass is 35.5. The van der Waals surface area contributed by atoms with Gasteiger partial charge in [0.15, 0.2) is 0 Å². The van der Waals surface area contributed by atoms with E-state index in [4.69, 9.17) is 16.0 Å². The van der Waals surface area contributed by atoms with Crippen LogP contribution in [0.25, 0.3) is 0 Å². The molecule has 1 N–H and O–H groups in total. The Balaban J connectivity index is 2.42. The molecule has 1 aromatic heterocycles. The van der Waals surface area contributed by atoms with Gasteiger partial charge in [0, 0.05) is 5.02 Å². The van der Waals surface area contributed by atoms with Crippen LogP contribution in [0.4, 0.5) is 13.2 Å². The van der Waals surface area contributed by atoms with Crippen molar-refractivity contribution in [3.05, 3.63) is 52.9 Å². The second-order valence-electron chi connectivity index (χ2n) is 4.50. The van der Waals surface area contributed by atoms with Gasteiger partial charge in [0.05, 0.1) is 22.8 Å². The topological polar surface area (TPSA) is 59.3 Å². The van der Waals surface area contributed by atoms with Crippen LogP contribution < -0.4 is 4.72 Å². The SMILES string of the molecule is C[C@H](NS(=O)(=O)c1ccc(Cl)cc1C(F)(F)F)c1ccco1. The van der Waals surface area contributed by atoms with Crippen LogP contribution in [-0.2, 0) is 16.2 Å². The zero-order chi connectivity index (χ0) is 16.5. The molecule has 0 unspecified atom stereocenters. The van der Waals surface area contributed by atoms with Crippen LogP contribution in [0.15, 0.2) is 45.9 Å². The van der Waals surface area contributed by atoms with Gasteiger partial charge >= 0.3 is 6.18 Å². The number of nitrogens with one attached hydrogen (secondary N) is 1. The van der Waals surface area contributed by atoms with E-state index in [0.717, 1.165) is 12.1 Å². The minimum atomic E-state index is -4.84. The summed E-state index contributed by atoms with van der Waals surface area (Å²) in [5.74, 6) is 0.283. The molecule has 1 aromatic carbocycles. The normalized spacial score (nSPS) is 14.0. The van der Waals surface area contributed by atoms with E-state index in [2.05, 4.69) is 4.72 Å². The van der Waals surface area contributed by atoms with E-state index in [9.17, 15) is 21.6 Å². The largest absolute Gasteiger partial charge is 0.468 e. The predicted molar refractivity (Wildman–Crippen MR) is 73.9 cm³/mol. The first-order chi connectivity index (χ1) is 10.1. The minimum Gasteiger partial charge on any atom is -0.468 e. The summed E-state index contributed by atoms with van der Waals surface area (Å²) < 4.78 is 70.6. The van der Waals surface area contributed by atoms with E-state index in [1.54, 1.807) is 6.07 Å². The first-order valence-electron chi connectivity index (χ1n) is 6.04. The van der Waals surface area contributed by atoms with Crippen LogP contribution in [0, 0.1) is 0 Å². The Kier molecular flexibility index (Phi) is 4.55. The van der Waals surface area contributed by atoms with Crippen molar-refractivity contribution >= 4 is 21.6 Å². The van der Waals surface area contributed by atoms with Crippen molar-refractivity contribution in [1.29, 1.82) is 0 Å². The number of benzene rings is 1. The Morgan fingerprint density at radius 1 is 1.27 bits per heavy atom. The lowest BCUT2D eigenvalue weighted by Gasteiger charge is -2.16. The quantitative estimate of drug-likeness (QED) is 0.904. The van der Waals surface area contributed by atoms with E-state index in [1.165, 1.54) is 19.3 Å². The van der Waals surface area contributed by atoms with Gasteiger partial charge in [-0.1, -0.05) is 11.6 Å². The Labute approximate surface area is 129 Å². The van der Waals surface area contributed by atoms with Crippen molar-refractivity contribution in [2.75, 3.05) is 0 Å². The van der Waals surface area contributed by atoms with Gasteiger partial charge in [-0.2, -0.15) is 13.2 Å². The van der Waals surface area contributed by atoms with E-state index >= 15 is 0 Å². The molecule has 1 heterocycles. The molecule has 2 rings (SSSR count). The number of alkyl halides is 3. The van der Waals surface area contributed by atoms with E-state index in [1.807, 2.05) is 0 Å². The molecule has 9 heteroatoms. The van der Waals surface area contributed by atoms with Crippen molar-refractivity contribution in [2.24, 2.45) is 0 Å². The molecule has 120 valence electrons. The highest BCUT2D eigenvalue weighted by Gasteiger charge is 2.38. The van der Waals surface area contributed by atoms with Gasteiger partial charge in [-0.3, -0.25) is 0 Å². The maximum absolute atomic E-state index is 13.0. The summed E-state index contributed by atoms with van der Waals surface area (Å²) in [5, 5.41) is -0.203. The average Bonchev–Trinajstić information content (AvgIpc) is 2.90. The number of rotatable bonds is 4. The minimum absolute atomic E-state index is 0.203. The maximum Gasteiger partial charge on any atom is 0.417 e. The number of hydrogen-bond donors (Lipinski definition) is 1. The van der Waals surface area contributed by atoms with Crippen LogP contribution >= 0.6 is 11.6 Å². The van der Waals surface area contributed by atoms with Crippen LogP contribution in [0.1, 0.15) is 24.3 Å². The molecule has 0 fully saturated rings. The second kappa shape index (κ2) is 5.94. The first-order valence-corrected chi connectivity index (χ1v) is 7.90. The molecule has 0 saturated heterocycles. The van der Waals surface area contributed by atoms with E-state index < -0.39 is 32.7 Å². The molecule has 0 saturated carbocycles. The Bertz CT molecular complexity index is 757. The molecule has 0 amide bonds. The van der Waals surface area contributed by atoms with E-state index in [0.29, 0.717) is 6.07 Å². The molecule has 22 heavy (non-hydrogen) atoms. The van der Waals surface area contributed by atoms with Gasteiger partial charge in [-0.15, -0.1) is 0 Å². The van der Waals surface area contributed by atoms with Crippen LogP contribution in [0.3, 0.4) is 0 Å². The van der Waals surface area contributed by atoms with Gasteiger partial charge in [0.1, 0.15) is 5.76 Å². The second-order valence-corrected chi connectivity index (χ2v) is 6.62. The third kappa shape index (κ3) is 3.63. The molecular formula is C13H11ClF3NO3S. The molecule has 1 atom stereocenters. The standard InChI is InChI=1S/C13H11ClF3NO3S/c1-8(11-3-2-6-21-11)18-22(19,20)12-5-4-9(14)7-10(12)13(15,16)17/h2-8,18H,1H3/t8-/m0/s1. The highest BCUT2D eigenvalue weighted by molar-refractivity contribution is 7.89. The summed E-state index contributed by atoms with van der Waals surface area (Å²) in [6.45, 7) is 1.46. The Hall–Kier alpha value is -1.51. The summed E-state index contributed by atoms with van der Waals surface area (Å²) in [4.78, 5) is -0.886. The summed E-state index contributed by atoms with van der Waals surface area (Å²) in [7, 11) is -4.40. The third-order valence-corrected chi connectivity index (χ3v) is 4.67. The molecule has 4 nitrogen and oxygen atoms in total. The van der Waals surface area contributed by atoms with Crippen LogP contribution in [0.2, 0.25) is 5.02 Å². The fraction of sp³-hybridized carbons (Fsp3) is 0.231. The molecule has 0 aliphatic carbocycles. The van der Waals surface area contributed by atoms with Crippen LogP contribution in [0.5, 0.6) is 0 Å². The van der Waals surface area contributed by atoms with Crippen LogP contribution in [-0.4, -0.2) is 8.42 Å². The highest BCUT2D eigenvalue weighted by Crippen LogP contribution is 2.36. The summed E-state index contributed by atoms with van der Waals surface area (Å²) in [6, 6.07) is 4.72. The zero-order valence-corrected chi connectivity index (χ0v) is 12.8. The van der Waals surface area contributed by atoms with Crippen molar-refractivity contribution < 1.29 is 26.0 Å². The van der Waals surface area contributed by atoms with Gasteiger partial charge < -0.3 is 4.42 Å². The number of hydrogen-bond acceptors (Lipinski definition) is 3. The smallest absolute Gasteiger partial charge is 0.417 e. The van der Waals surface area contributed by atoms with Crippen molar-refractivity contribution in [3.8, 4) is 0 Å². The van der Waals surface area contributed by atoms with E-state index in [-0.39, 0.29) is 10.8 Å². The molecule has 0 aliphatic heterocycles.